The number of anilines is 1. The number of methoxy groups -OCH3 is 2. The van der Waals surface area contributed by atoms with Crippen LogP contribution in [0.1, 0.15) is 43.5 Å². The predicted octanol–water partition coefficient (Wildman–Crippen LogP) is 2.69. The summed E-state index contributed by atoms with van der Waals surface area (Å²) in [4.78, 5) is 14.8. The number of carbonyl (C=O) groups excluding carboxylic acids is 1. The van der Waals surface area contributed by atoms with Crippen LogP contribution in [0.2, 0.25) is 0 Å². The summed E-state index contributed by atoms with van der Waals surface area (Å²) < 4.78 is 10.5. The molecule has 0 spiro atoms. The Morgan fingerprint density at radius 3 is 2.19 bits per heavy atom. The van der Waals surface area contributed by atoms with Gasteiger partial charge in [0.1, 0.15) is 0 Å². The third kappa shape index (κ3) is 2.91. The Morgan fingerprint density at radius 2 is 1.67 bits per heavy atom. The van der Waals surface area contributed by atoms with Gasteiger partial charge in [0.25, 0.3) is 5.91 Å². The van der Waals surface area contributed by atoms with Gasteiger partial charge in [0.05, 0.1) is 19.8 Å². The fraction of sp³-hybridized carbons (Fsp3) is 0.562. The van der Waals surface area contributed by atoms with E-state index in [9.17, 15) is 4.79 Å². The van der Waals surface area contributed by atoms with E-state index in [0.29, 0.717) is 22.7 Å². The number of nitrogens with two attached hydrogens (primary N) is 1. The van der Waals surface area contributed by atoms with Gasteiger partial charge in [0.2, 0.25) is 0 Å². The average molecular weight is 292 g/mol. The van der Waals surface area contributed by atoms with E-state index in [1.54, 1.807) is 26.4 Å². The molecule has 0 unspecified atom stereocenters. The van der Waals surface area contributed by atoms with Crippen LogP contribution >= 0.6 is 0 Å². The molecular formula is C16H24N2O3. The highest BCUT2D eigenvalue weighted by Gasteiger charge is 2.31. The molecule has 116 valence electrons. The van der Waals surface area contributed by atoms with Crippen LogP contribution in [0.3, 0.4) is 0 Å². The van der Waals surface area contributed by atoms with E-state index in [1.165, 1.54) is 0 Å². The van der Waals surface area contributed by atoms with E-state index in [2.05, 4.69) is 13.8 Å². The summed E-state index contributed by atoms with van der Waals surface area (Å²) in [7, 11) is 3.10. The number of likely N-dealkylation sites (tertiary alicyclic amines) is 1. The summed E-state index contributed by atoms with van der Waals surface area (Å²) in [6, 6.07) is 3.78. The molecule has 1 aliphatic rings. The minimum atomic E-state index is -0.0341. The first kappa shape index (κ1) is 15.5. The Kier molecular flexibility index (Phi) is 4.60. The molecule has 0 radical (unpaired) electrons. The normalized spacial score (nSPS) is 22.0. The summed E-state index contributed by atoms with van der Waals surface area (Å²) >= 11 is 0. The lowest BCUT2D eigenvalue weighted by molar-refractivity contribution is 0.0511. The third-order valence-electron chi connectivity index (χ3n) is 4.21. The van der Waals surface area contributed by atoms with Crippen LogP contribution in [0.4, 0.5) is 5.69 Å². The van der Waals surface area contributed by atoms with E-state index in [0.717, 1.165) is 19.3 Å². The smallest absolute Gasteiger partial charge is 0.256 e. The van der Waals surface area contributed by atoms with Gasteiger partial charge in [0, 0.05) is 23.8 Å². The first-order valence-corrected chi connectivity index (χ1v) is 7.33. The number of nitrogen functional groups attached to an aromatic ring is 1. The zero-order valence-corrected chi connectivity index (χ0v) is 13.2. The lowest BCUT2D eigenvalue weighted by atomic mass is 9.96. The van der Waals surface area contributed by atoms with Gasteiger partial charge in [0.15, 0.2) is 11.5 Å². The zero-order chi connectivity index (χ0) is 15.6. The van der Waals surface area contributed by atoms with Gasteiger partial charge in [-0.05, 0) is 39.2 Å². The SMILES string of the molecule is COc1cc(N)c(C(=O)N2[C@H](C)CCC[C@@H]2C)cc1OC. The number of hydrogen-bond donors (Lipinski definition) is 1. The second-order valence-corrected chi connectivity index (χ2v) is 5.64. The number of amides is 1. The van der Waals surface area contributed by atoms with Crippen molar-refractivity contribution in [1.82, 2.24) is 4.90 Å². The van der Waals surface area contributed by atoms with Gasteiger partial charge >= 0.3 is 0 Å². The van der Waals surface area contributed by atoms with E-state index in [1.807, 2.05) is 4.90 Å². The molecule has 5 nitrogen and oxygen atoms in total. The van der Waals surface area contributed by atoms with Crippen molar-refractivity contribution in [1.29, 1.82) is 0 Å². The van der Waals surface area contributed by atoms with Gasteiger partial charge in [-0.3, -0.25) is 4.79 Å². The predicted molar refractivity (Wildman–Crippen MR) is 82.9 cm³/mol. The van der Waals surface area contributed by atoms with E-state index >= 15 is 0 Å². The summed E-state index contributed by atoms with van der Waals surface area (Å²) in [6.07, 6.45) is 3.22. The lowest BCUT2D eigenvalue weighted by Crippen LogP contribution is -2.47. The van der Waals surface area contributed by atoms with Crippen LogP contribution in [0.15, 0.2) is 12.1 Å². The Bertz CT molecular complexity index is 520. The minimum absolute atomic E-state index is 0.0341. The molecule has 1 heterocycles. The molecule has 0 aliphatic carbocycles. The van der Waals surface area contributed by atoms with E-state index < -0.39 is 0 Å². The summed E-state index contributed by atoms with van der Waals surface area (Å²) in [5, 5.41) is 0. The van der Waals surface area contributed by atoms with Crippen molar-refractivity contribution in [3.8, 4) is 11.5 Å². The molecule has 2 rings (SSSR count). The summed E-state index contributed by atoms with van der Waals surface area (Å²) in [5.41, 5.74) is 6.93. The Hall–Kier alpha value is -1.91. The molecule has 1 saturated heterocycles. The first-order valence-electron chi connectivity index (χ1n) is 7.33. The fourth-order valence-electron chi connectivity index (χ4n) is 3.04. The van der Waals surface area contributed by atoms with E-state index in [-0.39, 0.29) is 18.0 Å². The molecule has 0 saturated carbocycles. The molecule has 1 amide bonds. The Morgan fingerprint density at radius 1 is 1.14 bits per heavy atom. The molecule has 0 aromatic heterocycles. The molecule has 1 aromatic carbocycles. The van der Waals surface area contributed by atoms with Gasteiger partial charge in [-0.25, -0.2) is 0 Å². The maximum absolute atomic E-state index is 12.9. The maximum atomic E-state index is 12.9. The average Bonchev–Trinajstić information content (AvgIpc) is 2.46. The number of benzene rings is 1. The second kappa shape index (κ2) is 6.24. The highest BCUT2D eigenvalue weighted by molar-refractivity contribution is 6.00. The minimum Gasteiger partial charge on any atom is -0.493 e. The Balaban J connectivity index is 2.38. The van der Waals surface area contributed by atoms with Crippen LogP contribution in [-0.4, -0.2) is 37.1 Å². The largest absolute Gasteiger partial charge is 0.493 e. The molecular weight excluding hydrogens is 268 g/mol. The van der Waals surface area contributed by atoms with Crippen molar-refractivity contribution >= 4 is 11.6 Å². The molecule has 21 heavy (non-hydrogen) atoms. The Labute approximate surface area is 126 Å². The first-order chi connectivity index (χ1) is 9.99. The standard InChI is InChI=1S/C16H24N2O3/c1-10-6-5-7-11(2)18(10)16(19)12-8-14(20-3)15(21-4)9-13(12)17/h8-11H,5-7,17H2,1-4H3/t10-,11+. The molecule has 5 heteroatoms. The van der Waals surface area contributed by atoms with Crippen LogP contribution in [0, 0.1) is 0 Å². The third-order valence-corrected chi connectivity index (χ3v) is 4.21. The second-order valence-electron chi connectivity index (χ2n) is 5.64. The maximum Gasteiger partial charge on any atom is 0.256 e. The highest BCUT2D eigenvalue weighted by Crippen LogP contribution is 2.34. The van der Waals surface area contributed by atoms with Crippen molar-refractivity contribution in [2.24, 2.45) is 0 Å². The quantitative estimate of drug-likeness (QED) is 0.870. The van der Waals surface area contributed by atoms with Crippen LogP contribution in [0.25, 0.3) is 0 Å². The number of rotatable bonds is 3. The number of ether oxygens (including phenoxy) is 2. The molecule has 1 aromatic rings. The summed E-state index contributed by atoms with van der Waals surface area (Å²) in [6.45, 7) is 4.18. The molecule has 1 fully saturated rings. The lowest BCUT2D eigenvalue weighted by Gasteiger charge is -2.39. The molecule has 0 bridgehead atoms. The van der Waals surface area contributed by atoms with Crippen LogP contribution in [-0.2, 0) is 0 Å². The number of carbonyl (C=O) groups is 1. The van der Waals surface area contributed by atoms with Crippen molar-refractivity contribution < 1.29 is 14.3 Å². The number of piperidine rings is 1. The van der Waals surface area contributed by atoms with Crippen molar-refractivity contribution in [2.45, 2.75) is 45.2 Å². The van der Waals surface area contributed by atoms with Crippen LogP contribution in [0.5, 0.6) is 11.5 Å². The van der Waals surface area contributed by atoms with Gasteiger partial charge in [-0.2, -0.15) is 0 Å². The van der Waals surface area contributed by atoms with Crippen molar-refractivity contribution in [3.63, 3.8) is 0 Å². The van der Waals surface area contributed by atoms with E-state index in [4.69, 9.17) is 15.2 Å². The van der Waals surface area contributed by atoms with Crippen molar-refractivity contribution in [3.05, 3.63) is 17.7 Å². The number of nitrogens with zero attached hydrogens (tertiary/aromatic N) is 1. The zero-order valence-electron chi connectivity index (χ0n) is 13.2. The fourth-order valence-corrected chi connectivity index (χ4v) is 3.04. The number of hydrogen-bond acceptors (Lipinski definition) is 4. The highest BCUT2D eigenvalue weighted by atomic mass is 16.5. The molecule has 2 N–H and O–H groups in total. The topological polar surface area (TPSA) is 64.8 Å². The molecule has 1 aliphatic heterocycles. The van der Waals surface area contributed by atoms with Crippen LogP contribution < -0.4 is 15.2 Å². The van der Waals surface area contributed by atoms with Crippen molar-refractivity contribution in [2.75, 3.05) is 20.0 Å². The van der Waals surface area contributed by atoms with Gasteiger partial charge in [-0.15, -0.1) is 0 Å². The van der Waals surface area contributed by atoms with Gasteiger partial charge < -0.3 is 20.1 Å². The summed E-state index contributed by atoms with van der Waals surface area (Å²) in [5.74, 6) is 1.02. The monoisotopic (exact) mass is 292 g/mol. The van der Waals surface area contributed by atoms with Gasteiger partial charge in [-0.1, -0.05) is 0 Å². The molecule has 2 atom stereocenters.